The third kappa shape index (κ3) is 4.26. The van der Waals surface area contributed by atoms with Crippen molar-refractivity contribution < 1.29 is 14.4 Å². The minimum absolute atomic E-state index is 0.00757. The topological polar surface area (TPSA) is 86.7 Å². The molecule has 3 aliphatic heterocycles. The van der Waals surface area contributed by atoms with Gasteiger partial charge in [-0.05, 0) is 25.7 Å². The van der Waals surface area contributed by atoms with Gasteiger partial charge in [-0.25, -0.2) is 9.97 Å². The highest BCUT2D eigenvalue weighted by molar-refractivity contribution is 5.85. The van der Waals surface area contributed by atoms with E-state index in [4.69, 9.17) is 4.98 Å². The first-order valence-corrected chi connectivity index (χ1v) is 10.7. The van der Waals surface area contributed by atoms with E-state index in [0.29, 0.717) is 44.8 Å². The van der Waals surface area contributed by atoms with Gasteiger partial charge in [-0.2, -0.15) is 0 Å². The molecule has 4 heterocycles. The summed E-state index contributed by atoms with van der Waals surface area (Å²) in [5, 5.41) is 0. The monoisotopic (exact) mass is 399 g/mol. The van der Waals surface area contributed by atoms with Crippen LogP contribution in [-0.4, -0.2) is 68.6 Å². The lowest BCUT2D eigenvalue weighted by molar-refractivity contribution is -0.140. The maximum atomic E-state index is 13.0. The lowest BCUT2D eigenvalue weighted by Gasteiger charge is -2.29. The van der Waals surface area contributed by atoms with Crippen molar-refractivity contribution in [3.05, 3.63) is 23.3 Å². The fraction of sp³-hybridized carbons (Fsp3) is 0.667. The van der Waals surface area contributed by atoms with Gasteiger partial charge in [0, 0.05) is 57.7 Å². The molecule has 8 heteroatoms. The first kappa shape index (κ1) is 19.8. The van der Waals surface area contributed by atoms with Crippen molar-refractivity contribution in [3.63, 3.8) is 0 Å². The van der Waals surface area contributed by atoms with Gasteiger partial charge in [0.15, 0.2) is 5.82 Å². The molecule has 156 valence electrons. The van der Waals surface area contributed by atoms with E-state index in [2.05, 4.69) is 4.98 Å². The summed E-state index contributed by atoms with van der Waals surface area (Å²) < 4.78 is 0. The Balaban J connectivity index is 1.46. The molecule has 1 aromatic heterocycles. The Morgan fingerprint density at radius 2 is 1.97 bits per heavy atom. The predicted molar refractivity (Wildman–Crippen MR) is 106 cm³/mol. The molecule has 3 aliphatic rings. The molecule has 1 atom stereocenters. The van der Waals surface area contributed by atoms with E-state index in [1.165, 1.54) is 0 Å². The molecule has 29 heavy (non-hydrogen) atoms. The summed E-state index contributed by atoms with van der Waals surface area (Å²) in [6.07, 6.45) is 7.77. The van der Waals surface area contributed by atoms with E-state index in [1.54, 1.807) is 16.7 Å². The van der Waals surface area contributed by atoms with E-state index < -0.39 is 0 Å². The van der Waals surface area contributed by atoms with Crippen LogP contribution in [0.1, 0.15) is 68.6 Å². The van der Waals surface area contributed by atoms with Crippen molar-refractivity contribution in [2.45, 2.75) is 64.5 Å². The first-order chi connectivity index (χ1) is 14.0. The zero-order chi connectivity index (χ0) is 20.4. The van der Waals surface area contributed by atoms with Crippen LogP contribution in [0.4, 0.5) is 0 Å². The number of fused-ring (bicyclic) bond motifs is 1. The Hall–Kier alpha value is -2.51. The molecule has 0 radical (unpaired) electrons. The fourth-order valence-electron chi connectivity index (χ4n) is 4.55. The average molecular weight is 399 g/mol. The largest absolute Gasteiger partial charge is 0.338 e. The van der Waals surface area contributed by atoms with Crippen LogP contribution in [0.15, 0.2) is 6.20 Å². The van der Waals surface area contributed by atoms with Gasteiger partial charge in [-0.15, -0.1) is 0 Å². The smallest absolute Gasteiger partial charge is 0.242 e. The highest BCUT2D eigenvalue weighted by Gasteiger charge is 2.34. The van der Waals surface area contributed by atoms with E-state index in [1.807, 2.05) is 11.1 Å². The zero-order valence-electron chi connectivity index (χ0n) is 17.1. The van der Waals surface area contributed by atoms with E-state index >= 15 is 0 Å². The Labute approximate surface area is 171 Å². The van der Waals surface area contributed by atoms with Gasteiger partial charge in [0.2, 0.25) is 17.7 Å². The maximum absolute atomic E-state index is 13.0. The van der Waals surface area contributed by atoms with E-state index in [-0.39, 0.29) is 30.3 Å². The highest BCUT2D eigenvalue weighted by Crippen LogP contribution is 2.31. The van der Waals surface area contributed by atoms with Crippen LogP contribution in [-0.2, 0) is 27.3 Å². The predicted octanol–water partition coefficient (Wildman–Crippen LogP) is 1.45. The van der Waals surface area contributed by atoms with E-state index in [9.17, 15) is 14.4 Å². The maximum Gasteiger partial charge on any atom is 0.242 e. The Kier molecular flexibility index (Phi) is 5.78. The fourth-order valence-corrected chi connectivity index (χ4v) is 4.55. The second-order valence-corrected chi connectivity index (χ2v) is 8.26. The summed E-state index contributed by atoms with van der Waals surface area (Å²) >= 11 is 0. The minimum Gasteiger partial charge on any atom is -0.338 e. The molecule has 4 rings (SSSR count). The summed E-state index contributed by atoms with van der Waals surface area (Å²) in [6.45, 7) is 4.32. The lowest BCUT2D eigenvalue weighted by Crippen LogP contribution is -2.43. The Morgan fingerprint density at radius 3 is 2.79 bits per heavy atom. The van der Waals surface area contributed by atoms with Crippen molar-refractivity contribution in [3.8, 4) is 0 Å². The van der Waals surface area contributed by atoms with Crippen LogP contribution in [0.5, 0.6) is 0 Å². The van der Waals surface area contributed by atoms with E-state index in [0.717, 1.165) is 43.4 Å². The SMILES string of the molecule is CC(=O)N1CCc2nc(C3CCCN3C(=O)CN3CCCCCC3=O)ncc2C1. The number of hydrogen-bond donors (Lipinski definition) is 0. The zero-order valence-corrected chi connectivity index (χ0v) is 17.1. The lowest BCUT2D eigenvalue weighted by atomic mass is 10.1. The molecule has 0 spiro atoms. The first-order valence-electron chi connectivity index (χ1n) is 10.7. The summed E-state index contributed by atoms with van der Waals surface area (Å²) in [5.74, 6) is 0.835. The normalized spacial score (nSPS) is 22.4. The molecule has 0 saturated carbocycles. The van der Waals surface area contributed by atoms with Crippen molar-refractivity contribution in [1.29, 1.82) is 0 Å². The molecule has 0 bridgehead atoms. The highest BCUT2D eigenvalue weighted by atomic mass is 16.2. The van der Waals surface area contributed by atoms with Crippen LogP contribution >= 0.6 is 0 Å². The summed E-state index contributed by atoms with van der Waals surface area (Å²) in [7, 11) is 0. The number of rotatable bonds is 3. The molecule has 0 aromatic carbocycles. The molecule has 3 amide bonds. The molecule has 1 aromatic rings. The third-order valence-electron chi connectivity index (χ3n) is 6.27. The molecule has 0 N–H and O–H groups in total. The summed E-state index contributed by atoms with van der Waals surface area (Å²) in [6, 6.07) is -0.124. The van der Waals surface area contributed by atoms with Crippen molar-refractivity contribution in [2.75, 3.05) is 26.2 Å². The third-order valence-corrected chi connectivity index (χ3v) is 6.27. The van der Waals surface area contributed by atoms with Crippen LogP contribution < -0.4 is 0 Å². The average Bonchev–Trinajstić information content (AvgIpc) is 3.13. The molecule has 0 aliphatic carbocycles. The van der Waals surface area contributed by atoms with Crippen LogP contribution in [0.2, 0.25) is 0 Å². The van der Waals surface area contributed by atoms with Gasteiger partial charge >= 0.3 is 0 Å². The van der Waals surface area contributed by atoms with Crippen LogP contribution in [0, 0.1) is 0 Å². The van der Waals surface area contributed by atoms with Crippen LogP contribution in [0.3, 0.4) is 0 Å². The second-order valence-electron chi connectivity index (χ2n) is 8.26. The number of carbonyl (C=O) groups excluding carboxylic acids is 3. The van der Waals surface area contributed by atoms with Gasteiger partial charge in [-0.3, -0.25) is 14.4 Å². The number of aromatic nitrogens is 2. The standard InChI is InChI=1S/C21H29N5O3/c1-15(27)24-11-8-17-16(13-24)12-22-21(23-17)18-6-5-10-26(18)20(29)14-25-9-4-2-3-7-19(25)28/h12,18H,2-11,13-14H2,1H3. The van der Waals surface area contributed by atoms with Crippen molar-refractivity contribution in [2.24, 2.45) is 0 Å². The molecule has 1 unspecified atom stereocenters. The Morgan fingerprint density at radius 1 is 1.10 bits per heavy atom. The van der Waals surface area contributed by atoms with Gasteiger partial charge < -0.3 is 14.7 Å². The molecule has 2 fully saturated rings. The van der Waals surface area contributed by atoms with Gasteiger partial charge in [-0.1, -0.05) is 6.42 Å². The summed E-state index contributed by atoms with van der Waals surface area (Å²) in [5.41, 5.74) is 1.97. The number of hydrogen-bond acceptors (Lipinski definition) is 5. The number of amides is 3. The molecular formula is C21H29N5O3. The second kappa shape index (κ2) is 8.47. The van der Waals surface area contributed by atoms with Gasteiger partial charge in [0.25, 0.3) is 0 Å². The molecule has 2 saturated heterocycles. The molecular weight excluding hydrogens is 370 g/mol. The number of nitrogens with zero attached hydrogens (tertiary/aromatic N) is 5. The number of carbonyl (C=O) groups is 3. The molecule has 8 nitrogen and oxygen atoms in total. The van der Waals surface area contributed by atoms with Crippen molar-refractivity contribution in [1.82, 2.24) is 24.7 Å². The van der Waals surface area contributed by atoms with Crippen LogP contribution in [0.25, 0.3) is 0 Å². The van der Waals surface area contributed by atoms with Gasteiger partial charge in [0.05, 0.1) is 18.3 Å². The summed E-state index contributed by atoms with van der Waals surface area (Å²) in [4.78, 5) is 51.6. The quantitative estimate of drug-likeness (QED) is 0.768. The van der Waals surface area contributed by atoms with Crippen molar-refractivity contribution >= 4 is 17.7 Å². The van der Waals surface area contributed by atoms with Gasteiger partial charge in [0.1, 0.15) is 0 Å². The Bertz CT molecular complexity index is 812. The minimum atomic E-state index is -0.124. The number of likely N-dealkylation sites (tertiary alicyclic amines) is 2.